The molecule has 0 aromatic rings. The number of methoxy groups -OCH3 is 1. The highest BCUT2D eigenvalue weighted by atomic mass is 16.5. The van der Waals surface area contributed by atoms with Crippen LogP contribution in [0.5, 0.6) is 0 Å². The summed E-state index contributed by atoms with van der Waals surface area (Å²) >= 11 is 0. The van der Waals surface area contributed by atoms with E-state index >= 15 is 0 Å². The van der Waals surface area contributed by atoms with E-state index in [0.717, 1.165) is 19.4 Å². The minimum Gasteiger partial charge on any atom is -0.505 e. The average molecular weight is 115 g/mol. The number of rotatable bonds is 4. The Hall–Kier alpha value is -0.500. The van der Waals surface area contributed by atoms with Gasteiger partial charge in [0.05, 0.1) is 13.4 Å². The second kappa shape index (κ2) is 6.50. The standard InChI is InChI=1S/C6H13NO/c1-8-6-4-2-3-5-7/h4,6H,2-3,5,7H2,1H3/b6-4+. The molecular formula is C6H13NO. The molecule has 0 aromatic carbocycles. The molecule has 0 heterocycles. The van der Waals surface area contributed by atoms with Crippen molar-refractivity contribution in [3.8, 4) is 0 Å². The van der Waals surface area contributed by atoms with Crippen molar-refractivity contribution in [1.29, 1.82) is 0 Å². The maximum absolute atomic E-state index is 5.24. The molecule has 0 atom stereocenters. The van der Waals surface area contributed by atoms with Crippen molar-refractivity contribution < 1.29 is 4.74 Å². The van der Waals surface area contributed by atoms with Gasteiger partial charge in [-0.3, -0.25) is 0 Å². The first-order valence-corrected chi connectivity index (χ1v) is 2.79. The van der Waals surface area contributed by atoms with Crippen LogP contribution in [0.1, 0.15) is 12.8 Å². The molecule has 0 amide bonds. The van der Waals surface area contributed by atoms with Crippen molar-refractivity contribution >= 4 is 0 Å². The molecule has 0 saturated heterocycles. The van der Waals surface area contributed by atoms with Gasteiger partial charge in [0.1, 0.15) is 0 Å². The molecule has 0 bridgehead atoms. The Balaban J connectivity index is 2.80. The molecule has 0 aliphatic heterocycles. The van der Waals surface area contributed by atoms with Gasteiger partial charge in [-0.05, 0) is 25.5 Å². The Morgan fingerprint density at radius 2 is 2.38 bits per heavy atom. The Kier molecular flexibility index (Phi) is 6.09. The summed E-state index contributed by atoms with van der Waals surface area (Å²) in [5.41, 5.74) is 5.24. The average Bonchev–Trinajstić information content (AvgIpc) is 1.81. The van der Waals surface area contributed by atoms with Gasteiger partial charge in [-0.1, -0.05) is 0 Å². The predicted octanol–water partition coefficient (Wildman–Crippen LogP) is 0.885. The van der Waals surface area contributed by atoms with Gasteiger partial charge < -0.3 is 10.5 Å². The zero-order chi connectivity index (χ0) is 6.24. The van der Waals surface area contributed by atoms with Crippen LogP contribution < -0.4 is 5.73 Å². The van der Waals surface area contributed by atoms with Crippen molar-refractivity contribution in [3.05, 3.63) is 12.3 Å². The van der Waals surface area contributed by atoms with Gasteiger partial charge in [0.25, 0.3) is 0 Å². The zero-order valence-corrected chi connectivity index (χ0v) is 5.26. The Bertz CT molecular complexity index is 61.5. The van der Waals surface area contributed by atoms with Crippen LogP contribution in [0.2, 0.25) is 0 Å². The van der Waals surface area contributed by atoms with E-state index in [1.54, 1.807) is 13.4 Å². The summed E-state index contributed by atoms with van der Waals surface area (Å²) in [5.74, 6) is 0. The maximum Gasteiger partial charge on any atom is 0.0784 e. The van der Waals surface area contributed by atoms with E-state index in [4.69, 9.17) is 5.73 Å². The van der Waals surface area contributed by atoms with Crippen LogP contribution in [-0.2, 0) is 4.74 Å². The fourth-order valence-electron chi connectivity index (χ4n) is 0.400. The number of nitrogens with two attached hydrogens (primary N) is 1. The molecule has 8 heavy (non-hydrogen) atoms. The van der Waals surface area contributed by atoms with Crippen LogP contribution in [0, 0.1) is 0 Å². The number of hydrogen-bond donors (Lipinski definition) is 1. The highest BCUT2D eigenvalue weighted by Gasteiger charge is 1.74. The third kappa shape index (κ3) is 5.50. The molecule has 0 radical (unpaired) electrons. The van der Waals surface area contributed by atoms with Crippen molar-refractivity contribution in [2.45, 2.75) is 12.8 Å². The number of hydrogen-bond acceptors (Lipinski definition) is 2. The molecule has 0 saturated carbocycles. The van der Waals surface area contributed by atoms with Crippen molar-refractivity contribution in [2.24, 2.45) is 5.73 Å². The Morgan fingerprint density at radius 1 is 1.62 bits per heavy atom. The zero-order valence-electron chi connectivity index (χ0n) is 5.26. The SMILES string of the molecule is CO/C=C/CCCN. The predicted molar refractivity (Wildman–Crippen MR) is 34.4 cm³/mol. The molecule has 0 aliphatic carbocycles. The highest BCUT2D eigenvalue weighted by molar-refractivity contribution is 4.72. The summed E-state index contributed by atoms with van der Waals surface area (Å²) in [4.78, 5) is 0. The summed E-state index contributed by atoms with van der Waals surface area (Å²) in [6.07, 6.45) is 5.70. The smallest absolute Gasteiger partial charge is 0.0784 e. The second-order valence-electron chi connectivity index (χ2n) is 1.54. The maximum atomic E-state index is 5.24. The molecule has 48 valence electrons. The fraction of sp³-hybridized carbons (Fsp3) is 0.667. The summed E-state index contributed by atoms with van der Waals surface area (Å²) in [5, 5.41) is 0. The van der Waals surface area contributed by atoms with E-state index in [2.05, 4.69) is 4.74 Å². The highest BCUT2D eigenvalue weighted by Crippen LogP contribution is 1.86. The lowest BCUT2D eigenvalue weighted by Crippen LogP contribution is -1.96. The topological polar surface area (TPSA) is 35.2 Å². The Morgan fingerprint density at radius 3 is 2.88 bits per heavy atom. The van der Waals surface area contributed by atoms with E-state index in [1.165, 1.54) is 0 Å². The summed E-state index contributed by atoms with van der Waals surface area (Å²) in [6.45, 7) is 0.758. The molecule has 0 fully saturated rings. The fourth-order valence-corrected chi connectivity index (χ4v) is 0.400. The second-order valence-corrected chi connectivity index (χ2v) is 1.54. The first-order chi connectivity index (χ1) is 3.91. The Labute approximate surface area is 50.3 Å². The van der Waals surface area contributed by atoms with Gasteiger partial charge in [-0.25, -0.2) is 0 Å². The number of allylic oxidation sites excluding steroid dienone is 1. The first kappa shape index (κ1) is 7.50. The van der Waals surface area contributed by atoms with E-state index in [1.807, 2.05) is 6.08 Å². The van der Waals surface area contributed by atoms with Crippen molar-refractivity contribution in [3.63, 3.8) is 0 Å². The lowest BCUT2D eigenvalue weighted by molar-refractivity contribution is 0.336. The lowest BCUT2D eigenvalue weighted by atomic mass is 10.3. The third-order valence-electron chi connectivity index (χ3n) is 0.807. The molecule has 0 rings (SSSR count). The van der Waals surface area contributed by atoms with Gasteiger partial charge >= 0.3 is 0 Å². The first-order valence-electron chi connectivity index (χ1n) is 2.79. The van der Waals surface area contributed by atoms with Crippen LogP contribution in [0.25, 0.3) is 0 Å². The summed E-state index contributed by atoms with van der Waals surface area (Å²) in [6, 6.07) is 0. The van der Waals surface area contributed by atoms with Crippen LogP contribution >= 0.6 is 0 Å². The summed E-state index contributed by atoms with van der Waals surface area (Å²) in [7, 11) is 1.64. The molecular weight excluding hydrogens is 102 g/mol. The number of ether oxygens (including phenoxy) is 1. The minimum absolute atomic E-state index is 0.758. The van der Waals surface area contributed by atoms with Crippen molar-refractivity contribution in [1.82, 2.24) is 0 Å². The molecule has 0 spiro atoms. The molecule has 0 aromatic heterocycles. The van der Waals surface area contributed by atoms with Crippen LogP contribution in [-0.4, -0.2) is 13.7 Å². The monoisotopic (exact) mass is 115 g/mol. The van der Waals surface area contributed by atoms with E-state index < -0.39 is 0 Å². The van der Waals surface area contributed by atoms with Gasteiger partial charge in [-0.2, -0.15) is 0 Å². The van der Waals surface area contributed by atoms with Crippen LogP contribution in [0.4, 0.5) is 0 Å². The molecule has 2 heteroatoms. The van der Waals surface area contributed by atoms with E-state index in [9.17, 15) is 0 Å². The third-order valence-corrected chi connectivity index (χ3v) is 0.807. The quantitative estimate of drug-likeness (QED) is 0.436. The number of unbranched alkanes of at least 4 members (excludes halogenated alkanes) is 1. The summed E-state index contributed by atoms with van der Waals surface area (Å²) < 4.78 is 4.67. The molecule has 2 N–H and O–H groups in total. The molecule has 0 unspecified atom stereocenters. The van der Waals surface area contributed by atoms with E-state index in [-0.39, 0.29) is 0 Å². The minimum atomic E-state index is 0.758. The van der Waals surface area contributed by atoms with Gasteiger partial charge in [-0.15, -0.1) is 0 Å². The van der Waals surface area contributed by atoms with Gasteiger partial charge in [0.15, 0.2) is 0 Å². The lowest BCUT2D eigenvalue weighted by Gasteiger charge is -1.87. The largest absolute Gasteiger partial charge is 0.505 e. The van der Waals surface area contributed by atoms with E-state index in [0.29, 0.717) is 0 Å². The van der Waals surface area contributed by atoms with Crippen LogP contribution in [0.15, 0.2) is 12.3 Å². The van der Waals surface area contributed by atoms with Crippen LogP contribution in [0.3, 0.4) is 0 Å². The molecule has 0 aliphatic rings. The van der Waals surface area contributed by atoms with Gasteiger partial charge in [0.2, 0.25) is 0 Å². The normalized spacial score (nSPS) is 10.2. The van der Waals surface area contributed by atoms with Gasteiger partial charge in [0, 0.05) is 0 Å². The molecule has 2 nitrogen and oxygen atoms in total. The van der Waals surface area contributed by atoms with Crippen molar-refractivity contribution in [2.75, 3.05) is 13.7 Å².